The molecule has 0 atom stereocenters. The lowest BCUT2D eigenvalue weighted by atomic mass is 10.1. The van der Waals surface area contributed by atoms with Crippen molar-refractivity contribution < 1.29 is 14.3 Å². The van der Waals surface area contributed by atoms with Crippen LogP contribution in [0.25, 0.3) is 0 Å². The molecule has 23 heavy (non-hydrogen) atoms. The maximum atomic E-state index is 12.4. The highest BCUT2D eigenvalue weighted by Crippen LogP contribution is 2.32. The highest BCUT2D eigenvalue weighted by Gasteiger charge is 2.26. The van der Waals surface area contributed by atoms with Crippen LogP contribution in [0.5, 0.6) is 5.75 Å². The molecule has 2 rings (SSSR count). The van der Waals surface area contributed by atoms with Gasteiger partial charge in [0.25, 0.3) is 5.91 Å². The van der Waals surface area contributed by atoms with Crippen LogP contribution in [0.3, 0.4) is 0 Å². The number of rotatable bonds is 7. The number of unbranched alkanes of at least 4 members (excludes halogenated alkanes) is 1. The zero-order valence-electron chi connectivity index (χ0n) is 14.3. The summed E-state index contributed by atoms with van der Waals surface area (Å²) in [5.41, 5.74) is 1.84. The summed E-state index contributed by atoms with van der Waals surface area (Å²) in [6.07, 6.45) is 2.42. The van der Waals surface area contributed by atoms with Crippen LogP contribution in [0.1, 0.15) is 38.7 Å². The van der Waals surface area contributed by atoms with Crippen molar-refractivity contribution in [3.8, 4) is 5.75 Å². The van der Waals surface area contributed by atoms with E-state index in [0.29, 0.717) is 25.3 Å². The maximum Gasteiger partial charge on any atom is 0.265 e. The van der Waals surface area contributed by atoms with E-state index in [1.807, 2.05) is 36.9 Å². The van der Waals surface area contributed by atoms with Crippen LogP contribution in [-0.4, -0.2) is 43.0 Å². The van der Waals surface area contributed by atoms with E-state index in [4.69, 9.17) is 4.74 Å². The molecule has 0 radical (unpaired) electrons. The first kappa shape index (κ1) is 17.3. The van der Waals surface area contributed by atoms with Crippen LogP contribution in [0.4, 0.5) is 5.69 Å². The van der Waals surface area contributed by atoms with Crippen molar-refractivity contribution in [2.75, 3.05) is 31.1 Å². The molecule has 126 valence electrons. The van der Waals surface area contributed by atoms with Crippen molar-refractivity contribution in [1.29, 1.82) is 0 Å². The number of carbonyl (C=O) groups is 2. The Morgan fingerprint density at radius 1 is 1.35 bits per heavy atom. The molecule has 5 heteroatoms. The molecule has 1 aliphatic heterocycles. The average molecular weight is 318 g/mol. The topological polar surface area (TPSA) is 49.9 Å². The Morgan fingerprint density at radius 2 is 2.13 bits per heavy atom. The van der Waals surface area contributed by atoms with Crippen LogP contribution in [0, 0.1) is 6.92 Å². The monoisotopic (exact) mass is 318 g/mol. The quantitative estimate of drug-likeness (QED) is 0.777. The summed E-state index contributed by atoms with van der Waals surface area (Å²) >= 11 is 0. The fourth-order valence-electron chi connectivity index (χ4n) is 2.73. The van der Waals surface area contributed by atoms with Crippen molar-refractivity contribution in [3.63, 3.8) is 0 Å². The minimum atomic E-state index is -0.0903. The second-order valence-corrected chi connectivity index (χ2v) is 5.88. The summed E-state index contributed by atoms with van der Waals surface area (Å²) in [6, 6.07) is 5.78. The van der Waals surface area contributed by atoms with E-state index in [2.05, 4.69) is 6.92 Å². The first-order chi connectivity index (χ1) is 11.1. The molecule has 5 nitrogen and oxygen atoms in total. The van der Waals surface area contributed by atoms with E-state index in [1.54, 1.807) is 4.90 Å². The first-order valence-electron chi connectivity index (χ1n) is 8.38. The number of nitrogens with zero attached hydrogens (tertiary/aromatic N) is 2. The van der Waals surface area contributed by atoms with E-state index in [0.717, 1.165) is 30.6 Å². The molecule has 0 aromatic heterocycles. The Kier molecular flexibility index (Phi) is 6.02. The normalized spacial score (nSPS) is 13.5. The van der Waals surface area contributed by atoms with Gasteiger partial charge in [0.15, 0.2) is 6.61 Å². The molecule has 0 saturated carbocycles. The zero-order chi connectivity index (χ0) is 16.8. The number of hydrogen-bond donors (Lipinski definition) is 0. The predicted molar refractivity (Wildman–Crippen MR) is 90.8 cm³/mol. The summed E-state index contributed by atoms with van der Waals surface area (Å²) in [6.45, 7) is 8.03. The lowest BCUT2D eigenvalue weighted by Crippen LogP contribution is -2.42. The molecule has 0 fully saturated rings. The molecule has 1 heterocycles. The average Bonchev–Trinajstić information content (AvgIpc) is 2.54. The smallest absolute Gasteiger partial charge is 0.265 e. The van der Waals surface area contributed by atoms with Crippen LogP contribution in [-0.2, 0) is 9.59 Å². The lowest BCUT2D eigenvalue weighted by Gasteiger charge is -2.30. The summed E-state index contributed by atoms with van der Waals surface area (Å²) in [7, 11) is 0. The molecular formula is C18H26N2O3. The number of anilines is 1. The largest absolute Gasteiger partial charge is 0.482 e. The molecule has 0 aliphatic carbocycles. The number of carbonyl (C=O) groups excluding carboxylic acids is 2. The molecule has 0 N–H and O–H groups in total. The second-order valence-electron chi connectivity index (χ2n) is 5.88. The number of aryl methyl sites for hydroxylation is 1. The van der Waals surface area contributed by atoms with Gasteiger partial charge in [0.2, 0.25) is 5.91 Å². The molecule has 0 saturated heterocycles. The lowest BCUT2D eigenvalue weighted by molar-refractivity contribution is -0.131. The van der Waals surface area contributed by atoms with Gasteiger partial charge >= 0.3 is 0 Å². The molecule has 1 aromatic rings. The van der Waals surface area contributed by atoms with E-state index in [-0.39, 0.29) is 18.4 Å². The van der Waals surface area contributed by atoms with Gasteiger partial charge in [-0.05, 0) is 38.0 Å². The van der Waals surface area contributed by atoms with Crippen molar-refractivity contribution in [2.24, 2.45) is 0 Å². The molecule has 1 aromatic carbocycles. The fraction of sp³-hybridized carbons (Fsp3) is 0.556. The van der Waals surface area contributed by atoms with Gasteiger partial charge in [-0.2, -0.15) is 0 Å². The fourth-order valence-corrected chi connectivity index (χ4v) is 2.73. The van der Waals surface area contributed by atoms with Gasteiger partial charge in [0.05, 0.1) is 5.69 Å². The van der Waals surface area contributed by atoms with E-state index in [1.165, 1.54) is 0 Å². The van der Waals surface area contributed by atoms with Gasteiger partial charge in [-0.25, -0.2) is 0 Å². The Bertz CT molecular complexity index is 571. The highest BCUT2D eigenvalue weighted by atomic mass is 16.5. The minimum absolute atomic E-state index is 0.0393. The summed E-state index contributed by atoms with van der Waals surface area (Å²) in [5, 5.41) is 0. The Balaban J connectivity index is 2.04. The predicted octanol–water partition coefficient (Wildman–Crippen LogP) is 2.76. The van der Waals surface area contributed by atoms with Crippen LogP contribution < -0.4 is 9.64 Å². The highest BCUT2D eigenvalue weighted by molar-refractivity contribution is 5.98. The van der Waals surface area contributed by atoms with Crippen molar-refractivity contribution >= 4 is 17.5 Å². The maximum absolute atomic E-state index is 12.4. The molecule has 0 unspecified atom stereocenters. The molecule has 0 spiro atoms. The first-order valence-corrected chi connectivity index (χ1v) is 8.38. The van der Waals surface area contributed by atoms with Crippen LogP contribution in [0.15, 0.2) is 18.2 Å². The Labute approximate surface area is 138 Å². The number of fused-ring (bicyclic) bond motifs is 1. The van der Waals surface area contributed by atoms with E-state index >= 15 is 0 Å². The van der Waals surface area contributed by atoms with Crippen LogP contribution in [0.2, 0.25) is 0 Å². The number of amides is 2. The van der Waals surface area contributed by atoms with Gasteiger partial charge in [-0.1, -0.05) is 19.4 Å². The summed E-state index contributed by atoms with van der Waals surface area (Å²) in [4.78, 5) is 28.1. The van der Waals surface area contributed by atoms with E-state index < -0.39 is 0 Å². The second kappa shape index (κ2) is 7.99. The minimum Gasteiger partial charge on any atom is -0.482 e. The third-order valence-corrected chi connectivity index (χ3v) is 4.12. The van der Waals surface area contributed by atoms with E-state index in [9.17, 15) is 9.59 Å². The van der Waals surface area contributed by atoms with Gasteiger partial charge in [0, 0.05) is 26.1 Å². The molecule has 0 bridgehead atoms. The molecular weight excluding hydrogens is 292 g/mol. The zero-order valence-corrected chi connectivity index (χ0v) is 14.3. The number of benzene rings is 1. The summed E-state index contributed by atoms with van der Waals surface area (Å²) in [5.74, 6) is 0.725. The standard InChI is InChI=1S/C18H26N2O3/c1-4-6-10-19(5-2)17(21)9-11-20-15-12-14(3)7-8-16(15)23-13-18(20)22/h7-8,12H,4-6,9-11,13H2,1-3H3. The van der Waals surface area contributed by atoms with Crippen molar-refractivity contribution in [1.82, 2.24) is 4.90 Å². The van der Waals surface area contributed by atoms with Gasteiger partial charge < -0.3 is 14.5 Å². The molecule has 1 aliphatic rings. The molecule has 2 amide bonds. The van der Waals surface area contributed by atoms with Gasteiger partial charge in [-0.3, -0.25) is 9.59 Å². The number of ether oxygens (including phenoxy) is 1. The SMILES string of the molecule is CCCCN(CC)C(=O)CCN1C(=O)COc2ccc(C)cc21. The third kappa shape index (κ3) is 4.24. The number of hydrogen-bond acceptors (Lipinski definition) is 3. The summed E-state index contributed by atoms with van der Waals surface area (Å²) < 4.78 is 5.46. The Hall–Kier alpha value is -2.04. The van der Waals surface area contributed by atoms with Gasteiger partial charge in [-0.15, -0.1) is 0 Å². The third-order valence-electron chi connectivity index (χ3n) is 4.12. The van der Waals surface area contributed by atoms with Crippen molar-refractivity contribution in [3.05, 3.63) is 23.8 Å². The van der Waals surface area contributed by atoms with Crippen molar-refractivity contribution in [2.45, 2.75) is 40.0 Å². The Morgan fingerprint density at radius 3 is 2.83 bits per heavy atom. The van der Waals surface area contributed by atoms with Crippen LogP contribution >= 0.6 is 0 Å². The van der Waals surface area contributed by atoms with Gasteiger partial charge in [0.1, 0.15) is 5.75 Å².